The normalized spacial score (nSPS) is 26.8. The number of halogens is 2. The summed E-state index contributed by atoms with van der Waals surface area (Å²) in [5.74, 6) is -3.85. The summed E-state index contributed by atoms with van der Waals surface area (Å²) in [6.45, 7) is 8.88. The lowest BCUT2D eigenvalue weighted by Gasteiger charge is -2.39. The molecule has 2 aromatic carbocycles. The number of hydrogen-bond acceptors (Lipinski definition) is 7. The first-order chi connectivity index (χ1) is 23.1. The van der Waals surface area contributed by atoms with Crippen LogP contribution in [-0.4, -0.2) is 88.1 Å². The molecule has 12 heteroatoms. The largest absolute Gasteiger partial charge is 0.460 e. The second kappa shape index (κ2) is 15.4. The van der Waals surface area contributed by atoms with Crippen molar-refractivity contribution in [1.82, 2.24) is 10.2 Å². The molecule has 256 valence electrons. The zero-order valence-corrected chi connectivity index (χ0v) is 29.1. The third-order valence-electron chi connectivity index (χ3n) is 9.35. The molecule has 3 aliphatic heterocycles. The lowest BCUT2D eigenvalue weighted by atomic mass is 9.70. The minimum Gasteiger partial charge on any atom is -0.460 e. The van der Waals surface area contributed by atoms with Crippen LogP contribution in [0.4, 0.5) is 5.69 Å². The Balaban J connectivity index is 1.52. The van der Waals surface area contributed by atoms with Crippen molar-refractivity contribution in [3.63, 3.8) is 0 Å². The number of likely N-dealkylation sites (tertiary alicyclic amines) is 1. The molecular formula is C36H41BrClN3O7. The van der Waals surface area contributed by atoms with Gasteiger partial charge in [0.2, 0.25) is 11.8 Å². The number of nitrogens with zero attached hydrogens (tertiary/aromatic N) is 2. The predicted octanol–water partition coefficient (Wildman–Crippen LogP) is 4.22. The van der Waals surface area contributed by atoms with E-state index in [-0.39, 0.29) is 43.1 Å². The molecule has 1 unspecified atom stereocenters. The molecule has 5 rings (SSSR count). The zero-order chi connectivity index (χ0) is 34.6. The number of fused-ring (bicyclic) bond motifs is 1. The summed E-state index contributed by atoms with van der Waals surface area (Å²) in [5.41, 5.74) is -0.102. The van der Waals surface area contributed by atoms with Crippen LogP contribution >= 0.6 is 27.5 Å². The number of aliphatic hydroxyl groups is 1. The summed E-state index contributed by atoms with van der Waals surface area (Å²) < 4.78 is 12.5. The van der Waals surface area contributed by atoms with Crippen LogP contribution in [-0.2, 0) is 35.1 Å². The lowest BCUT2D eigenvalue weighted by Crippen LogP contribution is -2.59. The number of aliphatic hydroxyl groups excluding tert-OH is 1. The molecule has 0 radical (unpaired) electrons. The fourth-order valence-electron chi connectivity index (χ4n) is 7.30. The van der Waals surface area contributed by atoms with Gasteiger partial charge in [-0.15, -0.1) is 13.2 Å². The van der Waals surface area contributed by atoms with Gasteiger partial charge in [0, 0.05) is 17.8 Å². The fraction of sp³-hybridized carbons (Fsp3) is 0.444. The molecule has 10 nitrogen and oxygen atoms in total. The van der Waals surface area contributed by atoms with E-state index in [0.29, 0.717) is 17.1 Å². The molecule has 2 N–H and O–H groups in total. The molecule has 3 heterocycles. The summed E-state index contributed by atoms with van der Waals surface area (Å²) in [7, 11) is 0. The Labute approximate surface area is 294 Å². The third kappa shape index (κ3) is 6.83. The van der Waals surface area contributed by atoms with E-state index in [4.69, 9.17) is 21.1 Å². The third-order valence-corrected chi connectivity index (χ3v) is 10.5. The molecule has 0 aliphatic carbocycles. The zero-order valence-electron chi connectivity index (χ0n) is 26.8. The molecule has 2 bridgehead atoms. The van der Waals surface area contributed by atoms with Gasteiger partial charge in [-0.3, -0.25) is 19.2 Å². The number of ether oxygens (including phenoxy) is 2. The molecule has 2 aromatic rings. The molecule has 3 aliphatic rings. The highest BCUT2D eigenvalue weighted by Gasteiger charge is 2.77. The van der Waals surface area contributed by atoms with E-state index in [2.05, 4.69) is 34.4 Å². The van der Waals surface area contributed by atoms with Gasteiger partial charge < -0.3 is 29.7 Å². The molecule has 0 saturated carbocycles. The van der Waals surface area contributed by atoms with Gasteiger partial charge in [-0.1, -0.05) is 82.1 Å². The van der Waals surface area contributed by atoms with Crippen molar-refractivity contribution in [1.29, 1.82) is 0 Å². The highest BCUT2D eigenvalue weighted by molar-refractivity contribution is 9.09. The van der Waals surface area contributed by atoms with E-state index >= 15 is 0 Å². The van der Waals surface area contributed by atoms with Gasteiger partial charge in [-0.2, -0.15) is 0 Å². The van der Waals surface area contributed by atoms with Crippen molar-refractivity contribution in [3.8, 4) is 0 Å². The van der Waals surface area contributed by atoms with Crippen molar-refractivity contribution in [2.75, 3.05) is 24.6 Å². The maximum Gasteiger partial charge on any atom is 0.312 e. The maximum absolute atomic E-state index is 14.9. The van der Waals surface area contributed by atoms with Crippen LogP contribution < -0.4 is 10.2 Å². The Morgan fingerprint density at radius 2 is 1.90 bits per heavy atom. The SMILES string of the molecule is C=CCCC(=O)NC[C@H](C)OC(=O)[C@H]1[C@@H]2O[C@@]3(CC2Br)[C@@H]1C(=O)N([C@@H](CO)Cc1ccccc1)[C@@H]3C(=O)N(CC=C)c1ccccc1Cl. The molecule has 3 amide bonds. The van der Waals surface area contributed by atoms with Gasteiger partial charge in [0.25, 0.3) is 5.91 Å². The number of amides is 3. The number of carbonyl (C=O) groups is 4. The first kappa shape index (κ1) is 35.8. The van der Waals surface area contributed by atoms with Gasteiger partial charge in [0.05, 0.1) is 47.8 Å². The average molecular weight is 743 g/mol. The number of rotatable bonds is 15. The van der Waals surface area contributed by atoms with E-state index in [9.17, 15) is 24.3 Å². The summed E-state index contributed by atoms with van der Waals surface area (Å²) in [5, 5.41) is 13.9. The second-order valence-electron chi connectivity index (χ2n) is 12.5. The maximum atomic E-state index is 14.9. The summed E-state index contributed by atoms with van der Waals surface area (Å²) in [4.78, 5) is 58.2. The van der Waals surface area contributed by atoms with Gasteiger partial charge in [0.1, 0.15) is 17.7 Å². The van der Waals surface area contributed by atoms with Crippen LogP contribution in [0.15, 0.2) is 79.9 Å². The van der Waals surface area contributed by atoms with Crippen molar-refractivity contribution >= 4 is 56.9 Å². The lowest BCUT2D eigenvalue weighted by molar-refractivity contribution is -0.159. The van der Waals surface area contributed by atoms with Crippen molar-refractivity contribution < 1.29 is 33.8 Å². The van der Waals surface area contributed by atoms with E-state index in [1.807, 2.05) is 30.3 Å². The summed E-state index contributed by atoms with van der Waals surface area (Å²) >= 11 is 10.3. The second-order valence-corrected chi connectivity index (χ2v) is 14.1. The number of para-hydroxylation sites is 1. The standard InChI is InChI=1S/C36H41BrClN3O7/c1-4-6-16-28(43)39-20-22(3)47-35(46)29-30-33(44)41(24(21-42)18-23-12-8-7-9-13-23)32(36(30)19-25(37)31(29)48-36)34(45)40(17-5-2)27-15-11-10-14-26(27)38/h4-5,7-15,22,24-25,29-32,42H,1-2,6,16-21H2,3H3,(H,39,43)/t22-,24+,25?,29+,30-,31+,32+,36-/m0/s1. The predicted molar refractivity (Wildman–Crippen MR) is 186 cm³/mol. The minimum atomic E-state index is -1.40. The van der Waals surface area contributed by atoms with E-state index < -0.39 is 66.1 Å². The monoisotopic (exact) mass is 741 g/mol. The Morgan fingerprint density at radius 3 is 2.56 bits per heavy atom. The number of hydrogen-bond donors (Lipinski definition) is 2. The fourth-order valence-corrected chi connectivity index (χ4v) is 8.48. The number of nitrogens with one attached hydrogen (secondary N) is 1. The highest BCUT2D eigenvalue weighted by Crippen LogP contribution is 2.61. The van der Waals surface area contributed by atoms with Crippen molar-refractivity contribution in [2.45, 2.75) is 67.3 Å². The Hall–Kier alpha value is -3.51. The van der Waals surface area contributed by atoms with Gasteiger partial charge in [0.15, 0.2) is 0 Å². The Morgan fingerprint density at radius 1 is 1.19 bits per heavy atom. The first-order valence-electron chi connectivity index (χ1n) is 16.1. The number of alkyl halides is 1. The van der Waals surface area contributed by atoms with Crippen LogP contribution in [0.3, 0.4) is 0 Å². The molecular weight excluding hydrogens is 702 g/mol. The van der Waals surface area contributed by atoms with Crippen LogP contribution in [0, 0.1) is 11.8 Å². The van der Waals surface area contributed by atoms with Gasteiger partial charge in [-0.05, 0) is 43.9 Å². The van der Waals surface area contributed by atoms with Gasteiger partial charge >= 0.3 is 5.97 Å². The average Bonchev–Trinajstić information content (AvgIpc) is 3.68. The number of benzene rings is 2. The molecule has 1 spiro atoms. The molecule has 3 fully saturated rings. The molecule has 3 saturated heterocycles. The Kier molecular flexibility index (Phi) is 11.5. The van der Waals surface area contributed by atoms with Crippen LogP contribution in [0.1, 0.15) is 31.7 Å². The molecule has 48 heavy (non-hydrogen) atoms. The van der Waals surface area contributed by atoms with Crippen LogP contribution in [0.2, 0.25) is 5.02 Å². The number of carbonyl (C=O) groups excluding carboxylic acids is 4. The van der Waals surface area contributed by atoms with Gasteiger partial charge in [-0.25, -0.2) is 0 Å². The number of anilines is 1. The molecule has 0 aromatic heterocycles. The topological polar surface area (TPSA) is 125 Å². The van der Waals surface area contributed by atoms with Crippen LogP contribution in [0.25, 0.3) is 0 Å². The van der Waals surface area contributed by atoms with E-state index in [1.54, 1.807) is 43.3 Å². The molecule has 8 atom stereocenters. The van der Waals surface area contributed by atoms with Crippen molar-refractivity contribution in [2.24, 2.45) is 11.8 Å². The van der Waals surface area contributed by atoms with E-state index in [0.717, 1.165) is 5.56 Å². The Bertz CT molecular complexity index is 1540. The summed E-state index contributed by atoms with van der Waals surface area (Å²) in [6.07, 6.45) is 3.12. The first-order valence-corrected chi connectivity index (χ1v) is 17.4. The summed E-state index contributed by atoms with van der Waals surface area (Å²) in [6, 6.07) is 14.3. The smallest absolute Gasteiger partial charge is 0.312 e. The van der Waals surface area contributed by atoms with Crippen LogP contribution in [0.5, 0.6) is 0 Å². The van der Waals surface area contributed by atoms with E-state index in [1.165, 1.54) is 9.80 Å². The van der Waals surface area contributed by atoms with Crippen molar-refractivity contribution in [3.05, 3.63) is 90.5 Å². The highest BCUT2D eigenvalue weighted by atomic mass is 79.9. The number of esters is 1. The minimum absolute atomic E-state index is 0.0900. The quantitative estimate of drug-likeness (QED) is 0.159. The number of allylic oxidation sites excluding steroid dienone is 1.